The zero-order valence-corrected chi connectivity index (χ0v) is 14.9. The summed E-state index contributed by atoms with van der Waals surface area (Å²) in [5, 5.41) is 11.1. The van der Waals surface area contributed by atoms with Gasteiger partial charge in [-0.3, -0.25) is 14.7 Å². The quantitative estimate of drug-likeness (QED) is 0.498. The fraction of sp³-hybridized carbons (Fsp3) is 0. The van der Waals surface area contributed by atoms with E-state index in [4.69, 9.17) is 0 Å². The Bertz CT molecular complexity index is 1180. The third-order valence-corrected chi connectivity index (χ3v) is 4.42. The first-order valence-corrected chi connectivity index (χ1v) is 8.81. The van der Waals surface area contributed by atoms with Gasteiger partial charge < -0.3 is 5.32 Å². The molecule has 0 unspecified atom stereocenters. The van der Waals surface area contributed by atoms with Crippen LogP contribution in [0.1, 0.15) is 32.0 Å². The predicted molar refractivity (Wildman–Crippen MR) is 111 cm³/mol. The molecule has 0 atom stereocenters. The fourth-order valence-electron chi connectivity index (χ4n) is 2.96. The van der Waals surface area contributed by atoms with Crippen molar-refractivity contribution >= 4 is 40.9 Å². The first-order valence-electron chi connectivity index (χ1n) is 8.81. The van der Waals surface area contributed by atoms with Gasteiger partial charge in [0.15, 0.2) is 0 Å². The first-order chi connectivity index (χ1) is 13.7. The molecule has 4 aromatic rings. The molecule has 1 heterocycles. The summed E-state index contributed by atoms with van der Waals surface area (Å²) in [6.07, 6.45) is 4.57. The number of fused-ring (bicyclic) bond motifs is 1. The van der Waals surface area contributed by atoms with Crippen LogP contribution in [-0.2, 0) is 0 Å². The number of amides is 1. The van der Waals surface area contributed by atoms with Gasteiger partial charge in [-0.1, -0.05) is 42.5 Å². The highest BCUT2D eigenvalue weighted by Gasteiger charge is 2.08. The van der Waals surface area contributed by atoms with Gasteiger partial charge in [-0.2, -0.15) is 5.10 Å². The third kappa shape index (κ3) is 3.59. The van der Waals surface area contributed by atoms with Crippen LogP contribution in [0.4, 0.5) is 5.69 Å². The van der Waals surface area contributed by atoms with E-state index in [1.165, 1.54) is 0 Å². The Morgan fingerprint density at radius 2 is 1.71 bits per heavy atom. The van der Waals surface area contributed by atoms with Crippen molar-refractivity contribution in [1.29, 1.82) is 0 Å². The van der Waals surface area contributed by atoms with Gasteiger partial charge in [-0.25, -0.2) is 0 Å². The average Bonchev–Trinajstić information content (AvgIpc) is 3.15. The molecular weight excluding hydrogens is 350 g/mol. The topological polar surface area (TPSA) is 74.8 Å². The van der Waals surface area contributed by atoms with Crippen molar-refractivity contribution in [2.75, 3.05) is 5.32 Å². The van der Waals surface area contributed by atoms with Crippen molar-refractivity contribution in [2.24, 2.45) is 0 Å². The molecule has 28 heavy (non-hydrogen) atoms. The summed E-state index contributed by atoms with van der Waals surface area (Å²) in [5.74, 6) is -0.165. The standard InChI is InChI=1S/C23H17N3O2/c27-15-16-10-12-21-19(14-16)22(26-25-21)13-11-17-6-4-5-9-20(17)24-23(28)18-7-2-1-3-8-18/h1-15H,(H,24,28)(H,25,26). The number of hydrogen-bond donors (Lipinski definition) is 2. The largest absolute Gasteiger partial charge is 0.321 e. The Morgan fingerprint density at radius 3 is 2.54 bits per heavy atom. The number of para-hydroxylation sites is 1. The second kappa shape index (κ2) is 7.72. The maximum atomic E-state index is 12.5. The molecule has 1 aromatic heterocycles. The highest BCUT2D eigenvalue weighted by molar-refractivity contribution is 6.05. The molecule has 0 aliphatic heterocycles. The maximum absolute atomic E-state index is 12.5. The van der Waals surface area contributed by atoms with E-state index in [0.717, 1.165) is 28.4 Å². The number of aromatic nitrogens is 2. The van der Waals surface area contributed by atoms with E-state index in [2.05, 4.69) is 15.5 Å². The molecular formula is C23H17N3O2. The van der Waals surface area contributed by atoms with Crippen molar-refractivity contribution in [3.63, 3.8) is 0 Å². The second-order valence-electron chi connectivity index (χ2n) is 6.27. The Balaban J connectivity index is 1.62. The summed E-state index contributed by atoms with van der Waals surface area (Å²) < 4.78 is 0. The summed E-state index contributed by atoms with van der Waals surface area (Å²) in [6.45, 7) is 0. The van der Waals surface area contributed by atoms with Crippen LogP contribution < -0.4 is 5.32 Å². The van der Waals surface area contributed by atoms with E-state index >= 15 is 0 Å². The highest BCUT2D eigenvalue weighted by Crippen LogP contribution is 2.22. The number of nitrogens with zero attached hydrogens (tertiary/aromatic N) is 1. The van der Waals surface area contributed by atoms with Gasteiger partial charge in [0.25, 0.3) is 5.91 Å². The lowest BCUT2D eigenvalue weighted by atomic mass is 10.1. The maximum Gasteiger partial charge on any atom is 0.255 e. The van der Waals surface area contributed by atoms with Crippen molar-refractivity contribution < 1.29 is 9.59 Å². The van der Waals surface area contributed by atoms with Crippen LogP contribution in [0.5, 0.6) is 0 Å². The summed E-state index contributed by atoms with van der Waals surface area (Å²) in [7, 11) is 0. The van der Waals surface area contributed by atoms with Gasteiger partial charge in [0.05, 0.1) is 11.2 Å². The Hall–Kier alpha value is -3.99. The third-order valence-electron chi connectivity index (χ3n) is 4.42. The number of anilines is 1. The van der Waals surface area contributed by atoms with Gasteiger partial charge in [0, 0.05) is 22.2 Å². The van der Waals surface area contributed by atoms with Gasteiger partial charge in [-0.15, -0.1) is 0 Å². The number of aromatic amines is 1. The number of hydrogen-bond acceptors (Lipinski definition) is 3. The summed E-state index contributed by atoms with van der Waals surface area (Å²) in [6, 6.07) is 22.0. The number of carbonyl (C=O) groups excluding carboxylic acids is 2. The molecule has 0 spiro atoms. The van der Waals surface area contributed by atoms with Crippen molar-refractivity contribution in [3.8, 4) is 0 Å². The van der Waals surface area contributed by atoms with E-state index < -0.39 is 0 Å². The normalized spacial score (nSPS) is 11.0. The number of aldehydes is 1. The molecule has 1 amide bonds. The van der Waals surface area contributed by atoms with Crippen molar-refractivity contribution in [3.05, 3.63) is 95.2 Å². The molecule has 3 aromatic carbocycles. The molecule has 2 N–H and O–H groups in total. The Kier molecular flexibility index (Phi) is 4.80. The van der Waals surface area contributed by atoms with Crippen molar-refractivity contribution in [2.45, 2.75) is 0 Å². The minimum Gasteiger partial charge on any atom is -0.321 e. The Morgan fingerprint density at radius 1 is 0.929 bits per heavy atom. The Labute approximate surface area is 161 Å². The van der Waals surface area contributed by atoms with Crippen LogP contribution in [0.2, 0.25) is 0 Å². The van der Waals surface area contributed by atoms with E-state index in [-0.39, 0.29) is 5.91 Å². The minimum atomic E-state index is -0.165. The van der Waals surface area contributed by atoms with Crippen LogP contribution in [0.15, 0.2) is 72.8 Å². The molecule has 0 aliphatic carbocycles. The summed E-state index contributed by atoms with van der Waals surface area (Å²) in [5.41, 5.74) is 4.34. The number of nitrogens with one attached hydrogen (secondary N) is 2. The van der Waals surface area contributed by atoms with E-state index in [0.29, 0.717) is 16.8 Å². The molecule has 0 saturated carbocycles. The van der Waals surface area contributed by atoms with Gasteiger partial charge >= 0.3 is 0 Å². The molecule has 4 rings (SSSR count). The summed E-state index contributed by atoms with van der Waals surface area (Å²) in [4.78, 5) is 23.5. The molecule has 0 bridgehead atoms. The van der Waals surface area contributed by atoms with E-state index in [1.807, 2.05) is 60.7 Å². The zero-order valence-electron chi connectivity index (χ0n) is 14.9. The number of benzene rings is 3. The second-order valence-corrected chi connectivity index (χ2v) is 6.27. The monoisotopic (exact) mass is 367 g/mol. The molecule has 5 nitrogen and oxygen atoms in total. The number of carbonyl (C=O) groups is 2. The van der Waals surface area contributed by atoms with Crippen LogP contribution in [0.25, 0.3) is 23.1 Å². The SMILES string of the molecule is O=Cc1ccc2[nH]nc(C=Cc3ccccc3NC(=O)c3ccccc3)c2c1. The minimum absolute atomic E-state index is 0.165. The molecule has 136 valence electrons. The smallest absolute Gasteiger partial charge is 0.255 e. The van der Waals surface area contributed by atoms with E-state index in [9.17, 15) is 9.59 Å². The molecule has 5 heteroatoms. The van der Waals surface area contributed by atoms with Crippen LogP contribution in [0, 0.1) is 0 Å². The molecule has 0 saturated heterocycles. The predicted octanol–water partition coefficient (Wildman–Crippen LogP) is 4.80. The lowest BCUT2D eigenvalue weighted by Gasteiger charge is -2.08. The molecule has 0 fully saturated rings. The van der Waals surface area contributed by atoms with Crippen LogP contribution in [0.3, 0.4) is 0 Å². The van der Waals surface area contributed by atoms with Gasteiger partial charge in [0.1, 0.15) is 6.29 Å². The van der Waals surface area contributed by atoms with Crippen LogP contribution >= 0.6 is 0 Å². The van der Waals surface area contributed by atoms with Crippen LogP contribution in [-0.4, -0.2) is 22.4 Å². The lowest BCUT2D eigenvalue weighted by molar-refractivity contribution is 0.102. The van der Waals surface area contributed by atoms with Crippen molar-refractivity contribution in [1.82, 2.24) is 10.2 Å². The highest BCUT2D eigenvalue weighted by atomic mass is 16.1. The first kappa shape index (κ1) is 17.4. The zero-order chi connectivity index (χ0) is 19.3. The van der Waals surface area contributed by atoms with E-state index in [1.54, 1.807) is 24.3 Å². The summed E-state index contributed by atoms with van der Waals surface area (Å²) >= 11 is 0. The number of H-pyrrole nitrogens is 1. The van der Waals surface area contributed by atoms with Gasteiger partial charge in [-0.05, 0) is 48.0 Å². The molecule has 0 radical (unpaired) electrons. The fourth-order valence-corrected chi connectivity index (χ4v) is 2.96. The molecule has 0 aliphatic rings. The average molecular weight is 367 g/mol. The van der Waals surface area contributed by atoms with Gasteiger partial charge in [0.2, 0.25) is 0 Å². The number of rotatable bonds is 5. The lowest BCUT2D eigenvalue weighted by Crippen LogP contribution is -2.12.